The summed E-state index contributed by atoms with van der Waals surface area (Å²) in [6.45, 7) is 2.35. The van der Waals surface area contributed by atoms with Crippen molar-refractivity contribution in [2.45, 2.75) is 18.9 Å². The van der Waals surface area contributed by atoms with E-state index in [1.165, 1.54) is 31.5 Å². The number of hydrogen-bond donors (Lipinski definition) is 0. The van der Waals surface area contributed by atoms with Crippen molar-refractivity contribution in [3.8, 4) is 0 Å². The van der Waals surface area contributed by atoms with Gasteiger partial charge in [-0.05, 0) is 37.6 Å². The number of halogens is 1. The van der Waals surface area contributed by atoms with E-state index < -0.39 is 0 Å². The molecule has 14 heavy (non-hydrogen) atoms. The van der Waals surface area contributed by atoms with Gasteiger partial charge >= 0.3 is 0 Å². The Hall–Kier alpha value is -0.600. The zero-order valence-electron chi connectivity index (χ0n) is 8.19. The fraction of sp³-hybridized carbons (Fsp3) is 0.545. The summed E-state index contributed by atoms with van der Waals surface area (Å²) in [5, 5.41) is 0. The summed E-state index contributed by atoms with van der Waals surface area (Å²) < 4.78 is 0. The molecular weight excluding hydrogens is 196 g/mol. The van der Waals surface area contributed by atoms with E-state index in [-0.39, 0.29) is 0 Å². The molecule has 3 heteroatoms. The standard InChI is InChI=1S/C11H15ClN2/c12-8-11(14-6-1-2-7-14)10-4-3-5-13-9-10/h3-5,9,11H,1-2,6-8H2. The minimum Gasteiger partial charge on any atom is -0.295 e. The number of pyridine rings is 1. The van der Waals surface area contributed by atoms with Crippen LogP contribution in [-0.2, 0) is 0 Å². The molecule has 0 radical (unpaired) electrons. The van der Waals surface area contributed by atoms with Crippen LogP contribution in [-0.4, -0.2) is 28.9 Å². The van der Waals surface area contributed by atoms with E-state index in [4.69, 9.17) is 11.6 Å². The van der Waals surface area contributed by atoms with Crippen LogP contribution in [0.2, 0.25) is 0 Å². The maximum absolute atomic E-state index is 6.01. The third-order valence-electron chi connectivity index (χ3n) is 2.80. The number of alkyl halides is 1. The Morgan fingerprint density at radius 3 is 2.79 bits per heavy atom. The van der Waals surface area contributed by atoms with Gasteiger partial charge in [0.25, 0.3) is 0 Å². The van der Waals surface area contributed by atoms with Gasteiger partial charge in [-0.15, -0.1) is 11.6 Å². The van der Waals surface area contributed by atoms with Gasteiger partial charge in [-0.1, -0.05) is 6.07 Å². The van der Waals surface area contributed by atoms with Gasteiger partial charge in [0.15, 0.2) is 0 Å². The smallest absolute Gasteiger partial charge is 0.0498 e. The predicted molar refractivity (Wildman–Crippen MR) is 58.5 cm³/mol. The van der Waals surface area contributed by atoms with E-state index in [1.54, 1.807) is 6.20 Å². The average Bonchev–Trinajstić information content (AvgIpc) is 2.74. The van der Waals surface area contributed by atoms with E-state index in [0.717, 1.165) is 0 Å². The third-order valence-corrected chi connectivity index (χ3v) is 3.09. The summed E-state index contributed by atoms with van der Waals surface area (Å²) in [4.78, 5) is 6.59. The molecule has 76 valence electrons. The van der Waals surface area contributed by atoms with Gasteiger partial charge in [0.05, 0.1) is 0 Å². The summed E-state index contributed by atoms with van der Waals surface area (Å²) in [6.07, 6.45) is 6.32. The SMILES string of the molecule is ClCC(c1cccnc1)N1CCCC1. The number of likely N-dealkylation sites (tertiary alicyclic amines) is 1. The molecule has 1 saturated heterocycles. The second kappa shape index (κ2) is 4.76. The van der Waals surface area contributed by atoms with Gasteiger partial charge in [-0.25, -0.2) is 0 Å². The molecule has 2 nitrogen and oxygen atoms in total. The summed E-state index contributed by atoms with van der Waals surface area (Å²) in [6, 6.07) is 4.44. The van der Waals surface area contributed by atoms with E-state index >= 15 is 0 Å². The van der Waals surface area contributed by atoms with Crippen molar-refractivity contribution in [1.29, 1.82) is 0 Å². The van der Waals surface area contributed by atoms with Crippen LogP contribution in [0.3, 0.4) is 0 Å². The first kappa shape index (κ1) is 9.94. The van der Waals surface area contributed by atoms with Gasteiger partial charge in [0, 0.05) is 24.3 Å². The molecule has 1 aliphatic heterocycles. The zero-order chi connectivity index (χ0) is 9.80. The van der Waals surface area contributed by atoms with Crippen molar-refractivity contribution >= 4 is 11.6 Å². The lowest BCUT2D eigenvalue weighted by molar-refractivity contribution is 0.265. The first-order valence-electron chi connectivity index (χ1n) is 5.12. The van der Waals surface area contributed by atoms with Crippen molar-refractivity contribution in [2.24, 2.45) is 0 Å². The highest BCUT2D eigenvalue weighted by atomic mass is 35.5. The first-order valence-corrected chi connectivity index (χ1v) is 5.65. The molecule has 0 aromatic carbocycles. The Bertz CT molecular complexity index is 270. The van der Waals surface area contributed by atoms with Crippen LogP contribution in [0, 0.1) is 0 Å². The number of rotatable bonds is 3. The lowest BCUT2D eigenvalue weighted by Gasteiger charge is -2.25. The van der Waals surface area contributed by atoms with E-state index in [9.17, 15) is 0 Å². The molecule has 0 N–H and O–H groups in total. The van der Waals surface area contributed by atoms with Crippen molar-refractivity contribution in [3.63, 3.8) is 0 Å². The summed E-state index contributed by atoms with van der Waals surface area (Å²) in [7, 11) is 0. The van der Waals surface area contributed by atoms with Crippen LogP contribution in [0.4, 0.5) is 0 Å². The quantitative estimate of drug-likeness (QED) is 0.713. The molecular formula is C11H15ClN2. The molecule has 0 amide bonds. The van der Waals surface area contributed by atoms with Crippen molar-refractivity contribution < 1.29 is 0 Å². The second-order valence-electron chi connectivity index (χ2n) is 3.70. The largest absolute Gasteiger partial charge is 0.295 e. The van der Waals surface area contributed by atoms with Gasteiger partial charge in [-0.3, -0.25) is 9.88 Å². The van der Waals surface area contributed by atoms with Gasteiger partial charge in [-0.2, -0.15) is 0 Å². The molecule has 0 bridgehead atoms. The van der Waals surface area contributed by atoms with E-state index in [2.05, 4.69) is 16.0 Å². The minimum absolute atomic E-state index is 0.355. The van der Waals surface area contributed by atoms with Crippen LogP contribution >= 0.6 is 11.6 Å². The molecule has 1 atom stereocenters. The predicted octanol–water partition coefficient (Wildman–Crippen LogP) is 2.46. The second-order valence-corrected chi connectivity index (χ2v) is 4.01. The number of aromatic nitrogens is 1. The lowest BCUT2D eigenvalue weighted by atomic mass is 10.1. The van der Waals surface area contributed by atoms with Crippen molar-refractivity contribution in [2.75, 3.05) is 19.0 Å². The molecule has 1 aromatic heterocycles. The highest BCUT2D eigenvalue weighted by Crippen LogP contribution is 2.25. The Kier molecular flexibility index (Phi) is 3.38. The Balaban J connectivity index is 2.12. The van der Waals surface area contributed by atoms with Crippen LogP contribution in [0.5, 0.6) is 0 Å². The highest BCUT2D eigenvalue weighted by Gasteiger charge is 2.22. The molecule has 1 aliphatic rings. The van der Waals surface area contributed by atoms with Crippen LogP contribution < -0.4 is 0 Å². The maximum Gasteiger partial charge on any atom is 0.0498 e. The minimum atomic E-state index is 0.355. The normalized spacial score (nSPS) is 19.8. The van der Waals surface area contributed by atoms with Gasteiger partial charge in [0.2, 0.25) is 0 Å². The fourth-order valence-electron chi connectivity index (χ4n) is 2.02. The van der Waals surface area contributed by atoms with E-state index in [0.29, 0.717) is 11.9 Å². The van der Waals surface area contributed by atoms with Crippen LogP contribution in [0.25, 0.3) is 0 Å². The molecule has 1 unspecified atom stereocenters. The molecule has 2 heterocycles. The third kappa shape index (κ3) is 2.07. The van der Waals surface area contributed by atoms with Gasteiger partial charge < -0.3 is 0 Å². The Morgan fingerprint density at radius 2 is 2.21 bits per heavy atom. The zero-order valence-corrected chi connectivity index (χ0v) is 8.95. The number of hydrogen-bond acceptors (Lipinski definition) is 2. The van der Waals surface area contributed by atoms with Crippen molar-refractivity contribution in [3.05, 3.63) is 30.1 Å². The van der Waals surface area contributed by atoms with Gasteiger partial charge in [0.1, 0.15) is 0 Å². The Morgan fingerprint density at radius 1 is 1.43 bits per heavy atom. The van der Waals surface area contributed by atoms with Crippen LogP contribution in [0.1, 0.15) is 24.4 Å². The molecule has 2 rings (SSSR count). The fourth-order valence-corrected chi connectivity index (χ4v) is 2.40. The Labute approximate surface area is 89.9 Å². The summed E-state index contributed by atoms with van der Waals surface area (Å²) >= 11 is 6.01. The maximum atomic E-state index is 6.01. The summed E-state index contributed by atoms with van der Waals surface area (Å²) in [5.74, 6) is 0.658. The number of nitrogens with zero attached hydrogens (tertiary/aromatic N) is 2. The molecule has 0 saturated carbocycles. The first-order chi connectivity index (χ1) is 6.92. The highest BCUT2D eigenvalue weighted by molar-refractivity contribution is 6.18. The molecule has 1 aromatic rings. The molecule has 0 spiro atoms. The van der Waals surface area contributed by atoms with Crippen LogP contribution in [0.15, 0.2) is 24.5 Å². The lowest BCUT2D eigenvalue weighted by Crippen LogP contribution is -2.26. The monoisotopic (exact) mass is 210 g/mol. The molecule has 0 aliphatic carbocycles. The van der Waals surface area contributed by atoms with Crippen molar-refractivity contribution in [1.82, 2.24) is 9.88 Å². The summed E-state index contributed by atoms with van der Waals surface area (Å²) in [5.41, 5.74) is 1.24. The van der Waals surface area contributed by atoms with E-state index in [1.807, 2.05) is 12.3 Å². The topological polar surface area (TPSA) is 16.1 Å². The molecule has 1 fully saturated rings. The average molecular weight is 211 g/mol.